The van der Waals surface area contributed by atoms with Crippen LogP contribution in [0.3, 0.4) is 0 Å². The van der Waals surface area contributed by atoms with E-state index in [0.717, 1.165) is 11.1 Å². The molecule has 3 aromatic rings. The van der Waals surface area contributed by atoms with Crippen molar-refractivity contribution in [3.05, 3.63) is 74.8 Å². The lowest BCUT2D eigenvalue weighted by molar-refractivity contribution is -0.388. The topological polar surface area (TPSA) is 79.2 Å². The lowest BCUT2D eigenvalue weighted by Gasteiger charge is -2.21. The molecule has 2 N–H and O–H groups in total. The van der Waals surface area contributed by atoms with Gasteiger partial charge in [-0.25, -0.2) is 4.98 Å². The van der Waals surface area contributed by atoms with E-state index in [-0.39, 0.29) is 5.82 Å². The van der Waals surface area contributed by atoms with Crippen LogP contribution in [0.1, 0.15) is 17.2 Å². The third-order valence-corrected chi connectivity index (χ3v) is 4.60. The largest absolute Gasteiger partial charge is 0.388 e. The van der Waals surface area contributed by atoms with Crippen molar-refractivity contribution in [1.82, 2.24) is 4.98 Å². The number of H-pyrrole nitrogens is 1. The molecule has 5 nitrogen and oxygen atoms in total. The standard InChI is InChI=1S/C18H13ClN2O3/c19-11-5-3-4-10(8-11)17-14-9-15(22)12-6-1-2-7-13(12)16(14)18(20-17)21(23)24/h1-8,15,20,22H,9H2. The lowest BCUT2D eigenvalue weighted by atomic mass is 9.84. The number of fused-ring (bicyclic) bond motifs is 3. The lowest BCUT2D eigenvalue weighted by Crippen LogP contribution is -2.10. The van der Waals surface area contributed by atoms with Gasteiger partial charge >= 0.3 is 5.82 Å². The Bertz CT molecular complexity index is 965. The van der Waals surface area contributed by atoms with Crippen LogP contribution in [0.25, 0.3) is 22.4 Å². The molecule has 24 heavy (non-hydrogen) atoms. The second-order valence-corrected chi connectivity index (χ2v) is 6.21. The van der Waals surface area contributed by atoms with Gasteiger partial charge in [-0.1, -0.05) is 48.0 Å². The molecule has 6 heteroatoms. The van der Waals surface area contributed by atoms with Crippen molar-refractivity contribution in [2.75, 3.05) is 0 Å². The van der Waals surface area contributed by atoms with Crippen LogP contribution in [0, 0.1) is 10.1 Å². The molecule has 1 aliphatic rings. The molecule has 2 aromatic carbocycles. The van der Waals surface area contributed by atoms with Crippen LogP contribution in [0.15, 0.2) is 48.5 Å². The predicted molar refractivity (Wildman–Crippen MR) is 92.0 cm³/mol. The average Bonchev–Trinajstić information content (AvgIpc) is 2.95. The van der Waals surface area contributed by atoms with E-state index in [2.05, 4.69) is 4.98 Å². The number of rotatable bonds is 2. The highest BCUT2D eigenvalue weighted by Gasteiger charge is 2.34. The van der Waals surface area contributed by atoms with Crippen LogP contribution in [-0.4, -0.2) is 15.0 Å². The number of hydrogen-bond acceptors (Lipinski definition) is 3. The number of nitrogens with one attached hydrogen (secondary N) is 1. The Morgan fingerprint density at radius 3 is 2.75 bits per heavy atom. The highest BCUT2D eigenvalue weighted by Crippen LogP contribution is 2.47. The van der Waals surface area contributed by atoms with Crippen molar-refractivity contribution in [2.24, 2.45) is 0 Å². The summed E-state index contributed by atoms with van der Waals surface area (Å²) >= 11 is 6.06. The number of nitrogens with zero attached hydrogens (tertiary/aromatic N) is 1. The summed E-state index contributed by atoms with van der Waals surface area (Å²) in [6.45, 7) is 0. The van der Waals surface area contributed by atoms with Crippen LogP contribution in [0.2, 0.25) is 5.02 Å². The number of nitro groups is 1. The van der Waals surface area contributed by atoms with E-state index in [1.807, 2.05) is 18.2 Å². The van der Waals surface area contributed by atoms with E-state index in [4.69, 9.17) is 11.6 Å². The van der Waals surface area contributed by atoms with Crippen LogP contribution in [0.4, 0.5) is 5.82 Å². The first-order chi connectivity index (χ1) is 11.6. The molecule has 0 aliphatic heterocycles. The number of hydrogen-bond donors (Lipinski definition) is 2. The summed E-state index contributed by atoms with van der Waals surface area (Å²) in [5.74, 6) is -0.0562. The molecule has 0 saturated heterocycles. The second-order valence-electron chi connectivity index (χ2n) is 5.78. The van der Waals surface area contributed by atoms with Crippen molar-refractivity contribution < 1.29 is 10.0 Å². The first-order valence-electron chi connectivity index (χ1n) is 7.49. The number of halogens is 1. The Kier molecular flexibility index (Phi) is 3.40. The molecular weight excluding hydrogens is 328 g/mol. The van der Waals surface area contributed by atoms with E-state index >= 15 is 0 Å². The maximum atomic E-state index is 11.6. The quantitative estimate of drug-likeness (QED) is 0.532. The maximum Gasteiger partial charge on any atom is 0.329 e. The predicted octanol–water partition coefficient (Wildman–Crippen LogP) is 4.50. The minimum absolute atomic E-state index is 0.0562. The van der Waals surface area contributed by atoms with Gasteiger partial charge in [0.05, 0.1) is 11.7 Å². The van der Waals surface area contributed by atoms with Gasteiger partial charge in [-0.15, -0.1) is 0 Å². The normalized spacial score (nSPS) is 15.7. The summed E-state index contributed by atoms with van der Waals surface area (Å²) in [6.07, 6.45) is -0.375. The van der Waals surface area contributed by atoms with Gasteiger partial charge in [-0.2, -0.15) is 0 Å². The van der Waals surface area contributed by atoms with Crippen LogP contribution < -0.4 is 0 Å². The fraction of sp³-hybridized carbons (Fsp3) is 0.111. The van der Waals surface area contributed by atoms with Gasteiger partial charge < -0.3 is 15.2 Å². The van der Waals surface area contributed by atoms with Crippen molar-refractivity contribution in [3.63, 3.8) is 0 Å². The molecule has 1 aromatic heterocycles. The molecular formula is C18H13ClN2O3. The van der Waals surface area contributed by atoms with Gasteiger partial charge in [-0.05, 0) is 28.2 Å². The summed E-state index contributed by atoms with van der Waals surface area (Å²) in [7, 11) is 0. The van der Waals surface area contributed by atoms with E-state index in [0.29, 0.717) is 33.8 Å². The number of aromatic amines is 1. The van der Waals surface area contributed by atoms with Gasteiger partial charge in [0.1, 0.15) is 5.69 Å². The third-order valence-electron chi connectivity index (χ3n) is 4.37. The molecule has 0 bridgehead atoms. The number of aliphatic hydroxyl groups is 1. The third kappa shape index (κ3) is 2.21. The van der Waals surface area contributed by atoms with Gasteiger partial charge in [0, 0.05) is 22.6 Å². The molecule has 120 valence electrons. The molecule has 0 saturated carbocycles. The zero-order valence-corrected chi connectivity index (χ0v) is 13.2. The maximum absolute atomic E-state index is 11.6. The molecule has 1 heterocycles. The highest BCUT2D eigenvalue weighted by atomic mass is 35.5. The Morgan fingerprint density at radius 1 is 1.21 bits per heavy atom. The molecule has 1 unspecified atom stereocenters. The fourth-order valence-electron chi connectivity index (χ4n) is 3.36. The minimum atomic E-state index is -0.693. The summed E-state index contributed by atoms with van der Waals surface area (Å²) in [5, 5.41) is 22.6. The molecule has 0 spiro atoms. The Labute approximate surface area is 142 Å². The second kappa shape index (κ2) is 5.47. The molecule has 1 atom stereocenters. The van der Waals surface area contributed by atoms with Crippen LogP contribution in [-0.2, 0) is 6.42 Å². The van der Waals surface area contributed by atoms with Crippen molar-refractivity contribution in [3.8, 4) is 22.4 Å². The molecule has 4 rings (SSSR count). The zero-order chi connectivity index (χ0) is 16.8. The Morgan fingerprint density at radius 2 is 2.00 bits per heavy atom. The number of benzene rings is 2. The summed E-state index contributed by atoms with van der Waals surface area (Å²) in [4.78, 5) is 14.1. The molecule has 1 aliphatic carbocycles. The average molecular weight is 341 g/mol. The van der Waals surface area contributed by atoms with E-state index in [1.54, 1.807) is 30.3 Å². The Hall–Kier alpha value is -2.63. The molecule has 0 radical (unpaired) electrons. The smallest absolute Gasteiger partial charge is 0.329 e. The number of aromatic nitrogens is 1. The SMILES string of the molecule is O=[N+]([O-])c1[nH]c(-c2cccc(Cl)c2)c2c1-c1ccccc1C(O)C2. The summed E-state index contributed by atoms with van der Waals surface area (Å²) in [5.41, 5.74) is 4.10. The first-order valence-corrected chi connectivity index (χ1v) is 7.86. The zero-order valence-electron chi connectivity index (χ0n) is 12.5. The number of aliphatic hydroxyl groups excluding tert-OH is 1. The van der Waals surface area contributed by atoms with Crippen molar-refractivity contribution in [2.45, 2.75) is 12.5 Å². The summed E-state index contributed by atoms with van der Waals surface area (Å²) < 4.78 is 0. The fourth-order valence-corrected chi connectivity index (χ4v) is 3.55. The highest BCUT2D eigenvalue weighted by molar-refractivity contribution is 6.30. The molecule has 0 fully saturated rings. The summed E-state index contributed by atoms with van der Waals surface area (Å²) in [6, 6.07) is 14.4. The molecule has 0 amide bonds. The van der Waals surface area contributed by atoms with Gasteiger partial charge in [0.2, 0.25) is 0 Å². The first kappa shape index (κ1) is 14.9. The van der Waals surface area contributed by atoms with Gasteiger partial charge in [0.25, 0.3) is 0 Å². The van der Waals surface area contributed by atoms with E-state index in [1.165, 1.54) is 0 Å². The van der Waals surface area contributed by atoms with Gasteiger partial charge in [-0.3, -0.25) is 0 Å². The van der Waals surface area contributed by atoms with Gasteiger partial charge in [0.15, 0.2) is 0 Å². The van der Waals surface area contributed by atoms with E-state index < -0.39 is 11.0 Å². The minimum Gasteiger partial charge on any atom is -0.388 e. The van der Waals surface area contributed by atoms with E-state index in [9.17, 15) is 15.2 Å². The van der Waals surface area contributed by atoms with Crippen molar-refractivity contribution >= 4 is 17.4 Å². The van der Waals surface area contributed by atoms with Crippen molar-refractivity contribution in [1.29, 1.82) is 0 Å². The van der Waals surface area contributed by atoms with Crippen LogP contribution >= 0.6 is 11.6 Å². The van der Waals surface area contributed by atoms with Crippen LogP contribution in [0.5, 0.6) is 0 Å². The Balaban J connectivity index is 2.03. The monoisotopic (exact) mass is 340 g/mol.